The van der Waals surface area contributed by atoms with E-state index in [2.05, 4.69) is 126 Å². The molecule has 0 aliphatic heterocycles. The van der Waals surface area contributed by atoms with E-state index in [4.69, 9.17) is 19.4 Å². The van der Waals surface area contributed by atoms with Crippen LogP contribution in [-0.2, 0) is 0 Å². The van der Waals surface area contributed by atoms with Crippen LogP contribution < -0.4 is 0 Å². The van der Waals surface area contributed by atoms with Gasteiger partial charge in [-0.2, -0.15) is 0 Å². The molecule has 56 heavy (non-hydrogen) atoms. The first-order chi connectivity index (χ1) is 27.8. The van der Waals surface area contributed by atoms with Crippen LogP contribution in [0.25, 0.3) is 116 Å². The Morgan fingerprint density at radius 2 is 0.821 bits per heavy atom. The highest BCUT2D eigenvalue weighted by Crippen LogP contribution is 2.46. The van der Waals surface area contributed by atoms with Gasteiger partial charge in [-0.25, -0.2) is 15.0 Å². The van der Waals surface area contributed by atoms with Gasteiger partial charge < -0.3 is 8.98 Å². The molecule has 0 N–H and O–H groups in total. The van der Waals surface area contributed by atoms with Crippen molar-refractivity contribution in [2.45, 2.75) is 0 Å². The van der Waals surface area contributed by atoms with Gasteiger partial charge >= 0.3 is 0 Å². The number of rotatable bonds is 4. The number of hydrogen-bond donors (Lipinski definition) is 0. The fourth-order valence-electron chi connectivity index (χ4n) is 8.69. The molecule has 0 bridgehead atoms. The third kappa shape index (κ3) is 4.52. The summed E-state index contributed by atoms with van der Waals surface area (Å²) < 4.78 is 9.56. The molecule has 5 heteroatoms. The van der Waals surface area contributed by atoms with Crippen molar-refractivity contribution >= 4 is 76.1 Å². The number of nitrogens with zero attached hydrogens (tertiary/aromatic N) is 4. The van der Waals surface area contributed by atoms with Gasteiger partial charge in [0.2, 0.25) is 0 Å². The Morgan fingerprint density at radius 3 is 1.41 bits per heavy atom. The number of aromatic nitrogens is 4. The van der Waals surface area contributed by atoms with E-state index in [1.165, 1.54) is 32.3 Å². The first-order valence-corrected chi connectivity index (χ1v) is 18.9. The van der Waals surface area contributed by atoms with Crippen LogP contribution in [-0.4, -0.2) is 19.5 Å². The summed E-state index contributed by atoms with van der Waals surface area (Å²) in [5.41, 5.74) is 7.51. The fourth-order valence-corrected chi connectivity index (χ4v) is 8.69. The number of hydrogen-bond acceptors (Lipinski definition) is 4. The summed E-state index contributed by atoms with van der Waals surface area (Å²) in [5, 5.41) is 11.6. The van der Waals surface area contributed by atoms with Gasteiger partial charge in [0, 0.05) is 32.7 Å². The quantitative estimate of drug-likeness (QED) is 0.182. The van der Waals surface area contributed by atoms with E-state index in [1.807, 2.05) is 60.7 Å². The van der Waals surface area contributed by atoms with Gasteiger partial charge in [-0.1, -0.05) is 152 Å². The fraction of sp³-hybridized carbons (Fsp3) is 0. The maximum absolute atomic E-state index is 7.13. The van der Waals surface area contributed by atoms with Gasteiger partial charge in [0.05, 0.1) is 27.7 Å². The summed E-state index contributed by atoms with van der Waals surface area (Å²) in [6, 6.07) is 63.8. The zero-order chi connectivity index (χ0) is 36.7. The zero-order valence-corrected chi connectivity index (χ0v) is 30.0. The van der Waals surface area contributed by atoms with Gasteiger partial charge in [-0.15, -0.1) is 0 Å². The van der Waals surface area contributed by atoms with Crippen LogP contribution >= 0.6 is 0 Å². The molecule has 0 saturated carbocycles. The van der Waals surface area contributed by atoms with Gasteiger partial charge in [0.15, 0.2) is 17.5 Å². The van der Waals surface area contributed by atoms with Crippen LogP contribution in [0, 0.1) is 0 Å². The van der Waals surface area contributed by atoms with Crippen molar-refractivity contribution in [2.24, 2.45) is 0 Å². The minimum Gasteiger partial charge on any atom is -0.455 e. The smallest absolute Gasteiger partial charge is 0.167 e. The molecule has 3 heterocycles. The lowest BCUT2D eigenvalue weighted by molar-refractivity contribution is 0.673. The lowest BCUT2D eigenvalue weighted by atomic mass is 10.00. The first kappa shape index (κ1) is 30.8. The van der Waals surface area contributed by atoms with Gasteiger partial charge in [0.1, 0.15) is 11.2 Å². The molecule has 0 unspecified atom stereocenters. The Balaban J connectivity index is 1.23. The topological polar surface area (TPSA) is 56.7 Å². The molecule has 0 amide bonds. The van der Waals surface area contributed by atoms with Gasteiger partial charge in [0.25, 0.3) is 0 Å². The predicted octanol–water partition coefficient (Wildman–Crippen LogP) is 13.3. The largest absolute Gasteiger partial charge is 0.455 e. The second kappa shape index (κ2) is 11.9. The second-order valence-electron chi connectivity index (χ2n) is 14.3. The highest BCUT2D eigenvalue weighted by molar-refractivity contribution is 6.29. The molecule has 0 spiro atoms. The molecule has 0 radical (unpaired) electrons. The maximum atomic E-state index is 7.13. The van der Waals surface area contributed by atoms with Crippen molar-refractivity contribution in [3.63, 3.8) is 0 Å². The molecule has 12 aromatic rings. The summed E-state index contributed by atoms with van der Waals surface area (Å²) in [5.74, 6) is 1.76. The third-order valence-corrected chi connectivity index (χ3v) is 11.2. The molecule has 12 rings (SSSR count). The highest BCUT2D eigenvalue weighted by atomic mass is 16.3. The summed E-state index contributed by atoms with van der Waals surface area (Å²) in [4.78, 5) is 15.3. The lowest BCUT2D eigenvalue weighted by Crippen LogP contribution is -2.01. The SMILES string of the molecule is c1ccc(-c2nc(-c3ccccc3)nc(-c3ccc(-n4c5ccc6ccccc6c5c5c6ccccc6ccc54)c4c3oc3c5ccccc5ccc34)n2)cc1. The van der Waals surface area contributed by atoms with Crippen molar-refractivity contribution in [1.82, 2.24) is 19.5 Å². The summed E-state index contributed by atoms with van der Waals surface area (Å²) in [6.07, 6.45) is 0. The molecule has 0 fully saturated rings. The maximum Gasteiger partial charge on any atom is 0.167 e. The Kier molecular flexibility index (Phi) is 6.56. The Morgan fingerprint density at radius 1 is 0.339 bits per heavy atom. The lowest BCUT2D eigenvalue weighted by Gasteiger charge is -2.13. The number of furan rings is 1. The number of fused-ring (bicyclic) bond motifs is 12. The van der Waals surface area contributed by atoms with Crippen molar-refractivity contribution in [1.29, 1.82) is 0 Å². The molecule has 0 aliphatic rings. The zero-order valence-electron chi connectivity index (χ0n) is 30.0. The van der Waals surface area contributed by atoms with Crippen molar-refractivity contribution in [3.8, 4) is 39.9 Å². The molecule has 0 atom stereocenters. The van der Waals surface area contributed by atoms with Gasteiger partial charge in [-0.3, -0.25) is 0 Å². The average molecular weight is 715 g/mol. The Labute approximate surface area is 320 Å². The second-order valence-corrected chi connectivity index (χ2v) is 14.3. The highest BCUT2D eigenvalue weighted by Gasteiger charge is 2.25. The normalized spacial score (nSPS) is 11.9. The summed E-state index contributed by atoms with van der Waals surface area (Å²) in [7, 11) is 0. The van der Waals surface area contributed by atoms with Crippen molar-refractivity contribution in [2.75, 3.05) is 0 Å². The summed E-state index contributed by atoms with van der Waals surface area (Å²) >= 11 is 0. The predicted molar refractivity (Wildman–Crippen MR) is 230 cm³/mol. The van der Waals surface area contributed by atoms with Crippen LogP contribution in [0.15, 0.2) is 186 Å². The molecule has 0 saturated heterocycles. The van der Waals surface area contributed by atoms with Crippen molar-refractivity contribution < 1.29 is 4.42 Å². The van der Waals surface area contributed by atoms with Gasteiger partial charge in [-0.05, 0) is 57.3 Å². The molecule has 0 aliphatic carbocycles. The standard InChI is InChI=1S/C51H30N4O/c1-3-16-34(17-4-1)49-52-50(35-18-5-2-6-19-35)54-51(53-49)40-27-30-43(46-39-26-23-33-15-9-12-22-38(33)47(39)56-48(40)46)55-41-28-24-31-13-7-10-20-36(31)44(41)45-37-21-11-8-14-32(37)25-29-42(45)55/h1-30H. The van der Waals surface area contributed by atoms with E-state index in [9.17, 15) is 0 Å². The van der Waals surface area contributed by atoms with Crippen molar-refractivity contribution in [3.05, 3.63) is 182 Å². The van der Waals surface area contributed by atoms with E-state index >= 15 is 0 Å². The molecule has 9 aromatic carbocycles. The van der Waals surface area contributed by atoms with Crippen LogP contribution in [0.5, 0.6) is 0 Å². The van der Waals surface area contributed by atoms with Crippen LogP contribution in [0.3, 0.4) is 0 Å². The Hall–Kier alpha value is -7.63. The van der Waals surface area contributed by atoms with Crippen LogP contribution in [0.2, 0.25) is 0 Å². The minimum atomic E-state index is 0.553. The van der Waals surface area contributed by atoms with E-state index in [-0.39, 0.29) is 0 Å². The van der Waals surface area contributed by atoms with Crippen LogP contribution in [0.4, 0.5) is 0 Å². The third-order valence-electron chi connectivity index (χ3n) is 11.2. The first-order valence-electron chi connectivity index (χ1n) is 18.9. The van der Waals surface area contributed by atoms with E-state index in [0.717, 1.165) is 66.1 Å². The van der Waals surface area contributed by atoms with E-state index < -0.39 is 0 Å². The molecule has 3 aromatic heterocycles. The Bertz CT molecular complexity index is 3380. The number of benzene rings is 9. The summed E-state index contributed by atoms with van der Waals surface area (Å²) in [6.45, 7) is 0. The average Bonchev–Trinajstić information content (AvgIpc) is 3.84. The molecule has 260 valence electrons. The monoisotopic (exact) mass is 714 g/mol. The molecular weight excluding hydrogens is 685 g/mol. The molecule has 5 nitrogen and oxygen atoms in total. The minimum absolute atomic E-state index is 0.553. The van der Waals surface area contributed by atoms with E-state index in [1.54, 1.807) is 0 Å². The molecular formula is C51H30N4O. The van der Waals surface area contributed by atoms with Crippen LogP contribution in [0.1, 0.15) is 0 Å². The van der Waals surface area contributed by atoms with E-state index in [0.29, 0.717) is 17.5 Å².